The van der Waals surface area contributed by atoms with Crippen molar-refractivity contribution >= 4 is 5.91 Å². The Hall–Kier alpha value is -1.36. The van der Waals surface area contributed by atoms with Gasteiger partial charge in [-0.15, -0.1) is 0 Å². The number of amides is 1. The Morgan fingerprint density at radius 1 is 1.53 bits per heavy atom. The zero-order chi connectivity index (χ0) is 12.5. The van der Waals surface area contributed by atoms with Crippen molar-refractivity contribution in [2.45, 2.75) is 45.2 Å². The Bertz CT molecular complexity index is 308. The van der Waals surface area contributed by atoms with E-state index in [0.717, 1.165) is 32.4 Å². The fourth-order valence-corrected chi connectivity index (χ4v) is 1.51. The Kier molecular flexibility index (Phi) is 6.32. The molecule has 96 valence electrons. The molecule has 1 amide bonds. The largest absolute Gasteiger partial charge is 0.356 e. The number of nitrogens with one attached hydrogen (secondary N) is 1. The number of nitrogens with zero attached hydrogens (tertiary/aromatic N) is 2. The Morgan fingerprint density at radius 2 is 2.35 bits per heavy atom. The number of imidazole rings is 1. The molecule has 0 aliphatic heterocycles. The number of hydrogen-bond acceptors (Lipinski definition) is 3. The van der Waals surface area contributed by atoms with Crippen LogP contribution in [0.15, 0.2) is 18.7 Å². The molecule has 0 radical (unpaired) electrons. The number of carbonyl (C=O) groups excluding carboxylic acids is 1. The zero-order valence-electron chi connectivity index (χ0n) is 10.4. The van der Waals surface area contributed by atoms with Gasteiger partial charge < -0.3 is 15.6 Å². The van der Waals surface area contributed by atoms with Crippen LogP contribution in [0.4, 0.5) is 0 Å². The van der Waals surface area contributed by atoms with E-state index < -0.39 is 0 Å². The Morgan fingerprint density at radius 3 is 3.00 bits per heavy atom. The van der Waals surface area contributed by atoms with Crippen LogP contribution in [-0.4, -0.2) is 28.0 Å². The molecule has 0 saturated heterocycles. The van der Waals surface area contributed by atoms with Gasteiger partial charge in [-0.25, -0.2) is 4.98 Å². The minimum absolute atomic E-state index is 0.0991. The highest BCUT2D eigenvalue weighted by atomic mass is 16.1. The van der Waals surface area contributed by atoms with Crippen LogP contribution in [0.1, 0.15) is 32.6 Å². The number of hydrogen-bond donors (Lipinski definition) is 2. The molecule has 3 N–H and O–H groups in total. The van der Waals surface area contributed by atoms with E-state index in [-0.39, 0.29) is 11.9 Å². The lowest BCUT2D eigenvalue weighted by Gasteiger charge is -2.07. The summed E-state index contributed by atoms with van der Waals surface area (Å²) >= 11 is 0. The second kappa shape index (κ2) is 7.84. The molecule has 1 aromatic rings. The first-order valence-electron chi connectivity index (χ1n) is 6.16. The summed E-state index contributed by atoms with van der Waals surface area (Å²) in [4.78, 5) is 15.3. The van der Waals surface area contributed by atoms with Gasteiger partial charge in [-0.2, -0.15) is 0 Å². The second-order valence-corrected chi connectivity index (χ2v) is 4.37. The molecule has 0 aromatic carbocycles. The number of rotatable bonds is 8. The first-order valence-corrected chi connectivity index (χ1v) is 6.16. The van der Waals surface area contributed by atoms with Crippen molar-refractivity contribution in [3.05, 3.63) is 18.7 Å². The molecule has 1 aromatic heterocycles. The number of unbranched alkanes of at least 4 members (excludes halogenated alkanes) is 1. The van der Waals surface area contributed by atoms with Crippen molar-refractivity contribution in [3.63, 3.8) is 0 Å². The van der Waals surface area contributed by atoms with Gasteiger partial charge in [-0.1, -0.05) is 0 Å². The van der Waals surface area contributed by atoms with E-state index in [4.69, 9.17) is 5.73 Å². The van der Waals surface area contributed by atoms with Crippen molar-refractivity contribution in [2.75, 3.05) is 6.54 Å². The Labute approximate surface area is 102 Å². The van der Waals surface area contributed by atoms with Crippen LogP contribution in [0.3, 0.4) is 0 Å². The maximum absolute atomic E-state index is 11.4. The molecule has 5 heteroatoms. The minimum Gasteiger partial charge on any atom is -0.356 e. The molecule has 1 atom stereocenters. The van der Waals surface area contributed by atoms with Crippen molar-refractivity contribution in [1.82, 2.24) is 14.9 Å². The third kappa shape index (κ3) is 6.73. The monoisotopic (exact) mass is 238 g/mol. The van der Waals surface area contributed by atoms with Gasteiger partial charge in [-0.3, -0.25) is 4.79 Å². The molecular weight excluding hydrogens is 216 g/mol. The second-order valence-electron chi connectivity index (χ2n) is 4.37. The summed E-state index contributed by atoms with van der Waals surface area (Å²) in [6, 6.07) is 0.0991. The lowest BCUT2D eigenvalue weighted by Crippen LogP contribution is -2.26. The van der Waals surface area contributed by atoms with E-state index in [9.17, 15) is 4.79 Å². The van der Waals surface area contributed by atoms with Crippen molar-refractivity contribution in [2.24, 2.45) is 5.73 Å². The predicted octanol–water partition coefficient (Wildman–Crippen LogP) is 0.907. The molecule has 17 heavy (non-hydrogen) atoms. The van der Waals surface area contributed by atoms with E-state index in [1.165, 1.54) is 0 Å². The predicted molar refractivity (Wildman–Crippen MR) is 67.4 cm³/mol. The highest BCUT2D eigenvalue weighted by Crippen LogP contribution is 1.96. The molecule has 0 aliphatic carbocycles. The summed E-state index contributed by atoms with van der Waals surface area (Å²) in [7, 11) is 0. The summed E-state index contributed by atoms with van der Waals surface area (Å²) in [5.41, 5.74) is 5.58. The SMILES string of the molecule is CC(N)CCC(=O)NCCCCn1ccnc1. The van der Waals surface area contributed by atoms with E-state index in [0.29, 0.717) is 6.42 Å². The Balaban J connectivity index is 1.95. The maximum atomic E-state index is 11.4. The quantitative estimate of drug-likeness (QED) is 0.661. The average Bonchev–Trinajstić information content (AvgIpc) is 2.79. The van der Waals surface area contributed by atoms with Gasteiger partial charge in [-0.05, 0) is 26.2 Å². The van der Waals surface area contributed by atoms with Gasteiger partial charge >= 0.3 is 0 Å². The topological polar surface area (TPSA) is 72.9 Å². The number of aryl methyl sites for hydroxylation is 1. The van der Waals surface area contributed by atoms with Crippen LogP contribution in [0.25, 0.3) is 0 Å². The van der Waals surface area contributed by atoms with Crippen LogP contribution >= 0.6 is 0 Å². The molecule has 0 aliphatic rings. The molecule has 0 bridgehead atoms. The smallest absolute Gasteiger partial charge is 0.220 e. The summed E-state index contributed by atoms with van der Waals surface area (Å²) in [5, 5.41) is 2.90. The molecule has 5 nitrogen and oxygen atoms in total. The van der Waals surface area contributed by atoms with Gasteiger partial charge in [0.2, 0.25) is 5.91 Å². The fraction of sp³-hybridized carbons (Fsp3) is 0.667. The summed E-state index contributed by atoms with van der Waals surface area (Å²) in [6.45, 7) is 3.61. The van der Waals surface area contributed by atoms with Crippen LogP contribution in [0.2, 0.25) is 0 Å². The molecule has 1 heterocycles. The summed E-state index contributed by atoms with van der Waals surface area (Å²) < 4.78 is 2.04. The average molecular weight is 238 g/mol. The van der Waals surface area contributed by atoms with Gasteiger partial charge in [0, 0.05) is 37.9 Å². The highest BCUT2D eigenvalue weighted by molar-refractivity contribution is 5.75. The number of aromatic nitrogens is 2. The van der Waals surface area contributed by atoms with Crippen LogP contribution in [0, 0.1) is 0 Å². The van der Waals surface area contributed by atoms with Crippen LogP contribution in [0.5, 0.6) is 0 Å². The number of nitrogens with two attached hydrogens (primary N) is 1. The normalized spacial score (nSPS) is 12.4. The van der Waals surface area contributed by atoms with Gasteiger partial charge in [0.05, 0.1) is 6.33 Å². The fourth-order valence-electron chi connectivity index (χ4n) is 1.51. The summed E-state index contributed by atoms with van der Waals surface area (Å²) in [5.74, 6) is 0.102. The third-order valence-electron chi connectivity index (χ3n) is 2.55. The van der Waals surface area contributed by atoms with E-state index >= 15 is 0 Å². The molecule has 0 saturated carbocycles. The molecular formula is C12H22N4O. The van der Waals surface area contributed by atoms with E-state index in [1.54, 1.807) is 12.5 Å². The summed E-state index contributed by atoms with van der Waals surface area (Å²) in [6.07, 6.45) is 8.84. The lowest BCUT2D eigenvalue weighted by atomic mass is 10.2. The standard InChI is InChI=1S/C12H22N4O/c1-11(13)4-5-12(17)15-6-2-3-8-16-9-7-14-10-16/h7,9-11H,2-6,8,13H2,1H3,(H,15,17). The lowest BCUT2D eigenvalue weighted by molar-refractivity contribution is -0.121. The molecule has 0 spiro atoms. The van der Waals surface area contributed by atoms with Crippen molar-refractivity contribution in [3.8, 4) is 0 Å². The minimum atomic E-state index is 0.0991. The van der Waals surface area contributed by atoms with Crippen molar-refractivity contribution < 1.29 is 4.79 Å². The van der Waals surface area contributed by atoms with Crippen molar-refractivity contribution in [1.29, 1.82) is 0 Å². The highest BCUT2D eigenvalue weighted by Gasteiger charge is 2.02. The van der Waals surface area contributed by atoms with Crippen LogP contribution in [-0.2, 0) is 11.3 Å². The number of carbonyl (C=O) groups is 1. The maximum Gasteiger partial charge on any atom is 0.220 e. The third-order valence-corrected chi connectivity index (χ3v) is 2.55. The zero-order valence-corrected chi connectivity index (χ0v) is 10.4. The molecule has 1 unspecified atom stereocenters. The van der Waals surface area contributed by atoms with E-state index in [1.807, 2.05) is 17.7 Å². The van der Waals surface area contributed by atoms with E-state index in [2.05, 4.69) is 10.3 Å². The molecule has 1 rings (SSSR count). The van der Waals surface area contributed by atoms with Gasteiger partial charge in [0.25, 0.3) is 0 Å². The first kappa shape index (κ1) is 13.7. The van der Waals surface area contributed by atoms with Gasteiger partial charge in [0.15, 0.2) is 0 Å². The van der Waals surface area contributed by atoms with Crippen LogP contribution < -0.4 is 11.1 Å². The molecule has 0 fully saturated rings. The first-order chi connectivity index (χ1) is 8.18. The van der Waals surface area contributed by atoms with Gasteiger partial charge in [0.1, 0.15) is 0 Å².